The number of ether oxygens (including phenoxy) is 1. The van der Waals surface area contributed by atoms with Gasteiger partial charge in [-0.2, -0.15) is 0 Å². The number of carbonyl (C=O) groups excluding carboxylic acids is 3. The predicted octanol–water partition coefficient (Wildman–Crippen LogP) is 2.52. The highest BCUT2D eigenvalue weighted by atomic mass is 32.1. The number of hydrogen-bond acceptors (Lipinski definition) is 6. The van der Waals surface area contributed by atoms with Crippen LogP contribution >= 0.6 is 11.3 Å². The number of nitrogens with one attached hydrogen (secondary N) is 1. The Kier molecular flexibility index (Phi) is 4.36. The highest BCUT2D eigenvalue weighted by Crippen LogP contribution is 2.50. The van der Waals surface area contributed by atoms with Gasteiger partial charge in [0.1, 0.15) is 5.54 Å². The van der Waals surface area contributed by atoms with Gasteiger partial charge >= 0.3 is 5.97 Å². The summed E-state index contributed by atoms with van der Waals surface area (Å²) in [5.74, 6) is -2.61. The lowest BCUT2D eigenvalue weighted by atomic mass is 9.81. The van der Waals surface area contributed by atoms with Crippen LogP contribution in [0.3, 0.4) is 0 Å². The molecule has 7 heteroatoms. The van der Waals surface area contributed by atoms with Crippen molar-refractivity contribution < 1.29 is 19.1 Å². The summed E-state index contributed by atoms with van der Waals surface area (Å²) in [6.45, 7) is 3.60. The maximum atomic E-state index is 13.3. The minimum absolute atomic E-state index is 0.210. The van der Waals surface area contributed by atoms with Gasteiger partial charge in [-0.1, -0.05) is 24.3 Å². The second kappa shape index (κ2) is 6.58. The third kappa shape index (κ3) is 2.61. The molecule has 1 aromatic heterocycles. The third-order valence-electron chi connectivity index (χ3n) is 5.35. The number of para-hydroxylation sites is 1. The average molecular weight is 384 g/mol. The monoisotopic (exact) mass is 384 g/mol. The van der Waals surface area contributed by atoms with Crippen molar-refractivity contribution in [2.75, 3.05) is 11.5 Å². The molecular weight excluding hydrogens is 364 g/mol. The van der Waals surface area contributed by atoms with Crippen LogP contribution in [0.4, 0.5) is 5.69 Å². The first-order chi connectivity index (χ1) is 13.0. The van der Waals surface area contributed by atoms with Crippen LogP contribution in [-0.4, -0.2) is 29.9 Å². The number of esters is 1. The van der Waals surface area contributed by atoms with Gasteiger partial charge in [-0.25, -0.2) is 4.90 Å². The Bertz CT molecular complexity index is 883. The fourth-order valence-electron chi connectivity index (χ4n) is 4.15. The molecule has 0 unspecified atom stereocenters. The SMILES string of the molecule is CCOC(=O)[C@]1(C)N[C@H](c2cccs2)[C@@H]2C(=O)N(c3ccccc3)C(=O)[C@@H]21. The Morgan fingerprint density at radius 3 is 2.56 bits per heavy atom. The van der Waals surface area contributed by atoms with Gasteiger partial charge in [-0.15, -0.1) is 11.3 Å². The quantitative estimate of drug-likeness (QED) is 0.648. The summed E-state index contributed by atoms with van der Waals surface area (Å²) >= 11 is 1.50. The molecule has 27 heavy (non-hydrogen) atoms. The molecule has 1 N–H and O–H groups in total. The zero-order chi connectivity index (χ0) is 19.2. The van der Waals surface area contributed by atoms with Gasteiger partial charge in [0.25, 0.3) is 0 Å². The molecule has 0 radical (unpaired) electrons. The third-order valence-corrected chi connectivity index (χ3v) is 6.31. The van der Waals surface area contributed by atoms with Crippen molar-refractivity contribution in [2.24, 2.45) is 11.8 Å². The van der Waals surface area contributed by atoms with Gasteiger partial charge in [0, 0.05) is 4.88 Å². The summed E-state index contributed by atoms with van der Waals surface area (Å²) in [4.78, 5) is 41.5. The van der Waals surface area contributed by atoms with E-state index in [0.29, 0.717) is 5.69 Å². The number of benzene rings is 1. The van der Waals surface area contributed by atoms with Crippen molar-refractivity contribution in [3.8, 4) is 0 Å². The molecule has 0 bridgehead atoms. The molecule has 0 aliphatic carbocycles. The molecule has 3 heterocycles. The van der Waals surface area contributed by atoms with E-state index in [2.05, 4.69) is 5.32 Å². The van der Waals surface area contributed by atoms with E-state index >= 15 is 0 Å². The Morgan fingerprint density at radius 2 is 1.93 bits per heavy atom. The highest BCUT2D eigenvalue weighted by molar-refractivity contribution is 7.10. The Hall–Kier alpha value is -2.51. The largest absolute Gasteiger partial charge is 0.465 e. The summed E-state index contributed by atoms with van der Waals surface area (Å²) < 4.78 is 5.25. The van der Waals surface area contributed by atoms with E-state index in [9.17, 15) is 14.4 Å². The summed E-state index contributed by atoms with van der Waals surface area (Å²) in [5, 5.41) is 5.18. The van der Waals surface area contributed by atoms with E-state index < -0.39 is 29.4 Å². The maximum absolute atomic E-state index is 13.3. The summed E-state index contributed by atoms with van der Waals surface area (Å²) in [6, 6.07) is 12.3. The van der Waals surface area contributed by atoms with Crippen LogP contribution in [0.5, 0.6) is 0 Å². The van der Waals surface area contributed by atoms with E-state index in [1.165, 1.54) is 16.2 Å². The van der Waals surface area contributed by atoms with Crippen LogP contribution in [0.1, 0.15) is 24.8 Å². The smallest absolute Gasteiger partial charge is 0.326 e. The normalized spacial score (nSPS) is 29.9. The molecule has 4 atom stereocenters. The van der Waals surface area contributed by atoms with Crippen molar-refractivity contribution in [2.45, 2.75) is 25.4 Å². The topological polar surface area (TPSA) is 75.7 Å². The molecule has 2 aliphatic heterocycles. The molecule has 2 amide bonds. The molecule has 0 spiro atoms. The number of hydrogen-bond donors (Lipinski definition) is 1. The number of anilines is 1. The Morgan fingerprint density at radius 1 is 1.19 bits per heavy atom. The first-order valence-corrected chi connectivity index (χ1v) is 9.78. The molecule has 2 aliphatic rings. The number of nitrogens with zero attached hydrogens (tertiary/aromatic N) is 1. The molecule has 2 saturated heterocycles. The predicted molar refractivity (Wildman–Crippen MR) is 101 cm³/mol. The van der Waals surface area contributed by atoms with E-state index in [0.717, 1.165) is 4.88 Å². The second-order valence-corrected chi connectivity index (χ2v) is 7.89. The van der Waals surface area contributed by atoms with E-state index in [1.807, 2.05) is 23.6 Å². The lowest BCUT2D eigenvalue weighted by molar-refractivity contribution is -0.153. The molecule has 6 nitrogen and oxygen atoms in total. The summed E-state index contributed by atoms with van der Waals surface area (Å²) in [6.07, 6.45) is 0. The molecule has 0 saturated carbocycles. The van der Waals surface area contributed by atoms with Crippen LogP contribution in [0, 0.1) is 11.8 Å². The van der Waals surface area contributed by atoms with E-state index in [4.69, 9.17) is 4.74 Å². The van der Waals surface area contributed by atoms with Crippen LogP contribution in [0.25, 0.3) is 0 Å². The van der Waals surface area contributed by atoms with Crippen molar-refractivity contribution in [3.63, 3.8) is 0 Å². The van der Waals surface area contributed by atoms with Crippen LogP contribution < -0.4 is 10.2 Å². The van der Waals surface area contributed by atoms with Gasteiger partial charge in [0.05, 0.1) is 30.2 Å². The van der Waals surface area contributed by atoms with Crippen molar-refractivity contribution in [1.29, 1.82) is 0 Å². The van der Waals surface area contributed by atoms with Gasteiger partial charge < -0.3 is 4.74 Å². The van der Waals surface area contributed by atoms with Crippen LogP contribution in [-0.2, 0) is 19.1 Å². The fraction of sp³-hybridized carbons (Fsp3) is 0.350. The molecule has 140 valence electrons. The van der Waals surface area contributed by atoms with Gasteiger partial charge in [-0.3, -0.25) is 19.7 Å². The fourth-order valence-corrected chi connectivity index (χ4v) is 4.97. The van der Waals surface area contributed by atoms with E-state index in [1.54, 1.807) is 38.1 Å². The first-order valence-electron chi connectivity index (χ1n) is 8.90. The zero-order valence-corrected chi connectivity index (χ0v) is 15.9. The summed E-state index contributed by atoms with van der Waals surface area (Å²) in [7, 11) is 0. The van der Waals surface area contributed by atoms with Gasteiger partial charge in [-0.05, 0) is 37.4 Å². The molecule has 2 aromatic rings. The number of amides is 2. The zero-order valence-electron chi connectivity index (χ0n) is 15.0. The van der Waals surface area contributed by atoms with Crippen LogP contribution in [0.15, 0.2) is 47.8 Å². The Balaban J connectivity index is 1.81. The Labute approximate surface area is 161 Å². The molecular formula is C20H20N2O4S. The average Bonchev–Trinajstić information content (AvgIpc) is 3.34. The van der Waals surface area contributed by atoms with Crippen LogP contribution in [0.2, 0.25) is 0 Å². The minimum Gasteiger partial charge on any atom is -0.465 e. The number of imide groups is 1. The molecule has 2 fully saturated rings. The standard InChI is InChI=1S/C20H20N2O4S/c1-3-26-19(25)20(2)15-14(16(21-20)13-10-7-11-27-13)17(23)22(18(15)24)12-8-5-4-6-9-12/h4-11,14-16,21H,3H2,1-2H3/t14-,15-,16-,20-/m1/s1. The minimum atomic E-state index is -1.26. The number of thiophene rings is 1. The molecule has 1 aromatic carbocycles. The van der Waals surface area contributed by atoms with Gasteiger partial charge in [0.2, 0.25) is 11.8 Å². The second-order valence-electron chi connectivity index (χ2n) is 6.91. The highest BCUT2D eigenvalue weighted by Gasteiger charge is 2.67. The number of fused-ring (bicyclic) bond motifs is 1. The first kappa shape index (κ1) is 17.9. The van der Waals surface area contributed by atoms with E-state index in [-0.39, 0.29) is 18.4 Å². The van der Waals surface area contributed by atoms with Crippen molar-refractivity contribution in [3.05, 3.63) is 52.7 Å². The number of rotatable bonds is 4. The van der Waals surface area contributed by atoms with Crippen molar-refractivity contribution >= 4 is 34.8 Å². The maximum Gasteiger partial charge on any atom is 0.326 e. The molecule has 4 rings (SSSR count). The van der Waals surface area contributed by atoms with Gasteiger partial charge in [0.15, 0.2) is 0 Å². The van der Waals surface area contributed by atoms with Crippen molar-refractivity contribution in [1.82, 2.24) is 5.32 Å². The number of carbonyl (C=O) groups is 3. The lowest BCUT2D eigenvalue weighted by Gasteiger charge is -2.28. The lowest BCUT2D eigenvalue weighted by Crippen LogP contribution is -2.54. The summed E-state index contributed by atoms with van der Waals surface area (Å²) in [5.41, 5.74) is -0.732.